The Labute approximate surface area is 101 Å². The van der Waals surface area contributed by atoms with Gasteiger partial charge in [0, 0.05) is 15.9 Å². The Bertz CT molecular complexity index is 552. The topological polar surface area (TPSA) is 38.9 Å². The van der Waals surface area contributed by atoms with E-state index in [-0.39, 0.29) is 10.7 Å². The zero-order valence-corrected chi connectivity index (χ0v) is 9.51. The molecule has 0 spiro atoms. The fraction of sp³-hybridized carbons (Fsp3) is 0.111. The lowest BCUT2D eigenvalue weighted by Crippen LogP contribution is -2.08. The molecule has 0 aliphatic heterocycles. The van der Waals surface area contributed by atoms with Gasteiger partial charge in [0.25, 0.3) is 10.7 Å². The number of aromatic nitrogens is 2. The molecule has 0 fully saturated rings. The molecule has 2 aromatic rings. The smallest absolute Gasteiger partial charge is 0.411 e. The van der Waals surface area contributed by atoms with Gasteiger partial charge in [0.15, 0.2) is 0 Å². The van der Waals surface area contributed by atoms with Gasteiger partial charge < -0.3 is 4.42 Å². The maximum absolute atomic E-state index is 13.6. The zero-order chi connectivity index (χ0) is 12.6. The van der Waals surface area contributed by atoms with Gasteiger partial charge in [0.1, 0.15) is 5.82 Å². The lowest BCUT2D eigenvalue weighted by atomic mass is 10.1. The van der Waals surface area contributed by atoms with Crippen LogP contribution in [0.25, 0.3) is 11.5 Å². The second kappa shape index (κ2) is 4.10. The standard InChI is InChI=1S/C9H3BrF4N2O/c10-8-16-15-7(17-8)4-2-1-3-5(6(4)11)9(12,13)14/h1-3H. The van der Waals surface area contributed by atoms with Crippen LogP contribution in [0.5, 0.6) is 0 Å². The molecular formula is C9H3BrF4N2O. The Morgan fingerprint density at radius 1 is 1.18 bits per heavy atom. The van der Waals surface area contributed by atoms with Crippen molar-refractivity contribution in [2.24, 2.45) is 0 Å². The Morgan fingerprint density at radius 2 is 1.88 bits per heavy atom. The van der Waals surface area contributed by atoms with E-state index >= 15 is 0 Å². The molecule has 0 atom stereocenters. The molecule has 1 aromatic carbocycles. The molecule has 0 radical (unpaired) electrons. The molecule has 0 aliphatic rings. The van der Waals surface area contributed by atoms with Crippen LogP contribution in [0, 0.1) is 5.82 Å². The minimum absolute atomic E-state index is 0.0377. The lowest BCUT2D eigenvalue weighted by Gasteiger charge is -2.08. The van der Waals surface area contributed by atoms with Crippen molar-refractivity contribution in [2.75, 3.05) is 0 Å². The summed E-state index contributed by atoms with van der Waals surface area (Å²) in [6.07, 6.45) is -4.77. The number of hydrogen-bond acceptors (Lipinski definition) is 3. The quantitative estimate of drug-likeness (QED) is 0.755. The highest BCUT2D eigenvalue weighted by atomic mass is 79.9. The minimum Gasteiger partial charge on any atom is -0.411 e. The summed E-state index contributed by atoms with van der Waals surface area (Å²) in [6.45, 7) is 0. The maximum atomic E-state index is 13.6. The van der Waals surface area contributed by atoms with E-state index in [0.717, 1.165) is 12.1 Å². The van der Waals surface area contributed by atoms with Crippen LogP contribution in [0.1, 0.15) is 5.56 Å². The number of benzene rings is 1. The molecule has 0 saturated heterocycles. The van der Waals surface area contributed by atoms with Crippen LogP contribution in [-0.4, -0.2) is 10.2 Å². The predicted octanol–water partition coefficient (Wildman–Crippen LogP) is 3.66. The fourth-order valence-electron chi connectivity index (χ4n) is 1.23. The van der Waals surface area contributed by atoms with Gasteiger partial charge in [-0.15, -0.1) is 10.2 Å². The number of hydrogen-bond donors (Lipinski definition) is 0. The van der Waals surface area contributed by atoms with Gasteiger partial charge in [0.05, 0.1) is 11.1 Å². The minimum atomic E-state index is -4.77. The average Bonchev–Trinajstić information content (AvgIpc) is 2.63. The predicted molar refractivity (Wildman–Crippen MR) is 52.4 cm³/mol. The number of rotatable bonds is 1. The third-order valence-corrected chi connectivity index (χ3v) is 2.26. The van der Waals surface area contributed by atoms with Gasteiger partial charge in [-0.05, 0) is 12.1 Å². The molecule has 8 heteroatoms. The van der Waals surface area contributed by atoms with E-state index in [1.54, 1.807) is 0 Å². The summed E-state index contributed by atoms with van der Waals surface area (Å²) in [5.41, 5.74) is -1.76. The van der Waals surface area contributed by atoms with E-state index in [9.17, 15) is 17.6 Å². The van der Waals surface area contributed by atoms with E-state index in [2.05, 4.69) is 26.1 Å². The van der Waals surface area contributed by atoms with E-state index in [1.807, 2.05) is 0 Å². The van der Waals surface area contributed by atoms with Crippen molar-refractivity contribution >= 4 is 15.9 Å². The Hall–Kier alpha value is -1.44. The molecule has 0 unspecified atom stereocenters. The third-order valence-electron chi connectivity index (χ3n) is 1.93. The molecule has 1 aromatic heterocycles. The second-order valence-electron chi connectivity index (χ2n) is 3.03. The molecule has 17 heavy (non-hydrogen) atoms. The van der Waals surface area contributed by atoms with Gasteiger partial charge >= 0.3 is 6.18 Å². The van der Waals surface area contributed by atoms with Crippen molar-refractivity contribution in [3.63, 3.8) is 0 Å². The summed E-state index contributed by atoms with van der Waals surface area (Å²) in [5, 5.41) is 6.78. The highest BCUT2D eigenvalue weighted by molar-refractivity contribution is 9.10. The zero-order valence-electron chi connectivity index (χ0n) is 7.92. The maximum Gasteiger partial charge on any atom is 0.419 e. The molecule has 0 N–H and O–H groups in total. The van der Waals surface area contributed by atoms with Crippen molar-refractivity contribution in [1.29, 1.82) is 0 Å². The number of alkyl halides is 3. The Morgan fingerprint density at radius 3 is 2.41 bits per heavy atom. The first-order chi connectivity index (χ1) is 7.89. The van der Waals surface area contributed by atoms with E-state index in [1.165, 1.54) is 0 Å². The van der Waals surface area contributed by atoms with Gasteiger partial charge in [-0.3, -0.25) is 0 Å². The number of halogens is 5. The summed E-state index contributed by atoms with van der Waals surface area (Å²) in [5.74, 6) is -1.75. The van der Waals surface area contributed by atoms with E-state index in [4.69, 9.17) is 4.42 Å². The van der Waals surface area contributed by atoms with Crippen LogP contribution in [0.2, 0.25) is 0 Å². The molecule has 0 amide bonds. The molecular weight excluding hydrogens is 308 g/mol. The first kappa shape index (κ1) is 12.0. The first-order valence-corrected chi connectivity index (χ1v) is 5.04. The Balaban J connectivity index is 2.57. The van der Waals surface area contributed by atoms with Crippen LogP contribution in [0.4, 0.5) is 17.6 Å². The molecule has 0 aliphatic carbocycles. The van der Waals surface area contributed by atoms with Crippen molar-refractivity contribution in [3.8, 4) is 11.5 Å². The average molecular weight is 311 g/mol. The summed E-state index contributed by atoms with van der Waals surface area (Å²) < 4.78 is 55.7. The highest BCUT2D eigenvalue weighted by Crippen LogP contribution is 2.35. The van der Waals surface area contributed by atoms with Gasteiger partial charge in [-0.25, -0.2) is 4.39 Å². The first-order valence-electron chi connectivity index (χ1n) is 4.24. The van der Waals surface area contributed by atoms with Crippen LogP contribution in [-0.2, 0) is 6.18 Å². The highest BCUT2D eigenvalue weighted by Gasteiger charge is 2.35. The summed E-state index contributed by atoms with van der Waals surface area (Å²) in [7, 11) is 0. The largest absolute Gasteiger partial charge is 0.419 e. The third kappa shape index (κ3) is 2.31. The fourth-order valence-corrected chi connectivity index (χ4v) is 1.46. The monoisotopic (exact) mass is 310 g/mol. The van der Waals surface area contributed by atoms with E-state index in [0.29, 0.717) is 6.07 Å². The van der Waals surface area contributed by atoms with Gasteiger partial charge in [-0.1, -0.05) is 6.07 Å². The van der Waals surface area contributed by atoms with Gasteiger partial charge in [0.2, 0.25) is 0 Å². The van der Waals surface area contributed by atoms with Crippen molar-refractivity contribution in [3.05, 3.63) is 34.4 Å². The van der Waals surface area contributed by atoms with Crippen LogP contribution < -0.4 is 0 Å². The Kier molecular flexibility index (Phi) is 2.90. The molecule has 0 bridgehead atoms. The molecule has 1 heterocycles. The van der Waals surface area contributed by atoms with Crippen molar-refractivity contribution in [1.82, 2.24) is 10.2 Å². The van der Waals surface area contributed by atoms with E-state index < -0.39 is 23.1 Å². The van der Waals surface area contributed by atoms with Gasteiger partial charge in [-0.2, -0.15) is 13.2 Å². The van der Waals surface area contributed by atoms with Crippen LogP contribution in [0.15, 0.2) is 27.4 Å². The molecule has 2 rings (SSSR count). The summed E-state index contributed by atoms with van der Waals surface area (Å²) in [4.78, 5) is -0.0377. The normalized spacial score (nSPS) is 11.8. The van der Waals surface area contributed by atoms with Crippen LogP contribution in [0.3, 0.4) is 0 Å². The lowest BCUT2D eigenvalue weighted by molar-refractivity contribution is -0.139. The summed E-state index contributed by atoms with van der Waals surface area (Å²) >= 11 is 2.83. The molecule has 0 saturated carbocycles. The molecule has 90 valence electrons. The SMILES string of the molecule is Fc1c(-c2nnc(Br)o2)cccc1C(F)(F)F. The second-order valence-corrected chi connectivity index (χ2v) is 3.70. The summed E-state index contributed by atoms with van der Waals surface area (Å²) in [6, 6.07) is 2.84. The van der Waals surface area contributed by atoms with Crippen molar-refractivity contribution < 1.29 is 22.0 Å². The number of nitrogens with zero attached hydrogens (tertiary/aromatic N) is 2. The molecule has 3 nitrogen and oxygen atoms in total. The van der Waals surface area contributed by atoms with Crippen LogP contribution >= 0.6 is 15.9 Å². The van der Waals surface area contributed by atoms with Crippen molar-refractivity contribution in [2.45, 2.75) is 6.18 Å².